The molecular formula is C31H32N2O10S. The van der Waals surface area contributed by atoms with Gasteiger partial charge in [0.25, 0.3) is 0 Å². The average Bonchev–Trinajstić information content (AvgIpc) is 3.29. The van der Waals surface area contributed by atoms with Crippen LogP contribution in [0.3, 0.4) is 0 Å². The predicted molar refractivity (Wildman–Crippen MR) is 159 cm³/mol. The van der Waals surface area contributed by atoms with Crippen LogP contribution in [-0.2, 0) is 23.8 Å². The first-order valence-electron chi connectivity index (χ1n) is 13.6. The van der Waals surface area contributed by atoms with E-state index in [1.165, 1.54) is 24.3 Å². The first-order chi connectivity index (χ1) is 20.9. The number of hydrogen-bond acceptors (Lipinski definition) is 10. The number of carbonyl (C=O) groups excluding carboxylic acids is 3. The molecule has 0 radical (unpaired) electrons. The van der Waals surface area contributed by atoms with E-state index in [0.29, 0.717) is 11.8 Å². The summed E-state index contributed by atoms with van der Waals surface area (Å²) in [6, 6.07) is 19.4. The molecular weight excluding hydrogens is 592 g/mol. The van der Waals surface area contributed by atoms with Crippen LogP contribution in [0.4, 0.5) is 15.3 Å². The Kier molecular flexibility index (Phi) is 10.3. The molecule has 0 saturated heterocycles. The number of quaternary nitrogens is 1. The zero-order valence-electron chi connectivity index (χ0n) is 24.1. The highest BCUT2D eigenvalue weighted by molar-refractivity contribution is 8.13. The van der Waals surface area contributed by atoms with Crippen LogP contribution in [-0.4, -0.2) is 57.6 Å². The molecule has 1 aliphatic carbocycles. The zero-order chi connectivity index (χ0) is 32.0. The van der Waals surface area contributed by atoms with Gasteiger partial charge in [0.15, 0.2) is 5.69 Å². The number of esters is 1. The molecule has 44 heavy (non-hydrogen) atoms. The van der Waals surface area contributed by atoms with Gasteiger partial charge in [-0.05, 0) is 60.9 Å². The van der Waals surface area contributed by atoms with Crippen molar-refractivity contribution >= 4 is 40.8 Å². The van der Waals surface area contributed by atoms with Gasteiger partial charge >= 0.3 is 23.3 Å². The highest BCUT2D eigenvalue weighted by Gasteiger charge is 2.35. The summed E-state index contributed by atoms with van der Waals surface area (Å²) < 4.78 is 16.0. The van der Waals surface area contributed by atoms with Crippen LogP contribution in [0.25, 0.3) is 11.1 Å². The Morgan fingerprint density at radius 3 is 2.09 bits per heavy atom. The summed E-state index contributed by atoms with van der Waals surface area (Å²) in [5, 5.41) is 30.8. The third-order valence-electron chi connectivity index (χ3n) is 6.61. The van der Waals surface area contributed by atoms with Gasteiger partial charge < -0.3 is 29.8 Å². The lowest BCUT2D eigenvalue weighted by Crippen LogP contribution is -2.99. The van der Waals surface area contributed by atoms with Gasteiger partial charge in [-0.3, -0.25) is 0 Å². The molecule has 4 N–H and O–H groups in total. The SMILES string of the molecule is CC(C)(C)OC(=O)C(OC(=O)SC[C@@H](NC(=O)OCC1c2ccccc2-c2ccccc21)C(=O)O)c1ccccc1[NH+]([O-])O. The second-order valence-electron chi connectivity index (χ2n) is 10.8. The Bertz CT molecular complexity index is 1490. The molecule has 1 aliphatic rings. The van der Waals surface area contributed by atoms with Crippen molar-refractivity contribution in [1.29, 1.82) is 0 Å². The number of thioether (sulfide) groups is 1. The summed E-state index contributed by atoms with van der Waals surface area (Å²) >= 11 is 0.385. The fourth-order valence-electron chi connectivity index (χ4n) is 4.75. The number of ether oxygens (including phenoxy) is 3. The molecule has 0 heterocycles. The predicted octanol–water partition coefficient (Wildman–Crippen LogP) is 4.33. The smallest absolute Gasteiger partial charge is 0.407 e. The molecule has 0 bridgehead atoms. The Morgan fingerprint density at radius 1 is 0.955 bits per heavy atom. The van der Waals surface area contributed by atoms with E-state index in [4.69, 9.17) is 14.2 Å². The van der Waals surface area contributed by atoms with Gasteiger partial charge in [0.05, 0.1) is 5.56 Å². The summed E-state index contributed by atoms with van der Waals surface area (Å²) in [6.07, 6.45) is -2.73. The Labute approximate surface area is 257 Å². The second-order valence-corrected chi connectivity index (χ2v) is 11.8. The van der Waals surface area contributed by atoms with Crippen LogP contribution < -0.4 is 10.5 Å². The lowest BCUT2D eigenvalue weighted by molar-refractivity contribution is -0.991. The van der Waals surface area contributed by atoms with Gasteiger partial charge in [-0.25, -0.2) is 24.4 Å². The number of carboxylic acids is 1. The molecule has 3 aromatic carbocycles. The molecule has 232 valence electrons. The van der Waals surface area contributed by atoms with E-state index in [-0.39, 0.29) is 23.8 Å². The van der Waals surface area contributed by atoms with Gasteiger partial charge in [-0.2, -0.15) is 5.23 Å². The molecule has 0 aromatic heterocycles. The van der Waals surface area contributed by atoms with E-state index >= 15 is 0 Å². The molecule has 3 aromatic rings. The minimum atomic E-state index is -1.74. The van der Waals surface area contributed by atoms with E-state index in [9.17, 15) is 34.7 Å². The fourth-order valence-corrected chi connectivity index (χ4v) is 5.45. The number of hydrogen-bond donors (Lipinski definition) is 4. The van der Waals surface area contributed by atoms with Gasteiger partial charge in [0, 0.05) is 17.7 Å². The standard InChI is InChI=1S/C31H32N2O10S/c1-31(2,3)43-28(36)26(22-14-8-9-15-25(22)33(39)40)42-30(38)44-17-24(27(34)35)32-29(37)41-16-23-20-12-6-4-10-18(20)19-11-5-7-13-21(19)23/h4-15,23-24,26,33,39H,16-17H2,1-3H3,(H,32,37)(H,34,35)/t24-,26?/m1/s1. The van der Waals surface area contributed by atoms with E-state index in [0.717, 1.165) is 22.3 Å². The number of benzene rings is 3. The van der Waals surface area contributed by atoms with Crippen LogP contribution in [0, 0.1) is 5.21 Å². The number of nitrogens with one attached hydrogen (secondary N) is 2. The van der Waals surface area contributed by atoms with Gasteiger partial charge in [0.2, 0.25) is 6.10 Å². The molecule has 1 amide bonds. The maximum absolute atomic E-state index is 12.9. The summed E-state index contributed by atoms with van der Waals surface area (Å²) in [6.45, 7) is 4.73. The monoisotopic (exact) mass is 624 g/mol. The third-order valence-corrected chi connectivity index (χ3v) is 7.44. The van der Waals surface area contributed by atoms with E-state index in [2.05, 4.69) is 5.32 Å². The number of carbonyl (C=O) groups is 4. The highest BCUT2D eigenvalue weighted by Crippen LogP contribution is 2.44. The molecule has 0 aliphatic heterocycles. The topological polar surface area (TPSA) is 176 Å². The zero-order valence-corrected chi connectivity index (χ0v) is 25.0. The molecule has 12 nitrogen and oxygen atoms in total. The van der Waals surface area contributed by atoms with Crippen molar-refractivity contribution in [1.82, 2.24) is 5.32 Å². The highest BCUT2D eigenvalue weighted by atomic mass is 32.2. The minimum Gasteiger partial charge on any atom is -0.595 e. The number of para-hydroxylation sites is 1. The summed E-state index contributed by atoms with van der Waals surface area (Å²) in [4.78, 5) is 50.2. The molecule has 0 fully saturated rings. The lowest BCUT2D eigenvalue weighted by atomic mass is 9.98. The lowest BCUT2D eigenvalue weighted by Gasteiger charge is -2.25. The largest absolute Gasteiger partial charge is 0.595 e. The van der Waals surface area contributed by atoms with E-state index in [1.807, 2.05) is 48.5 Å². The first-order valence-corrected chi connectivity index (χ1v) is 14.6. The number of amides is 1. The Balaban J connectivity index is 1.39. The normalized spacial score (nSPS) is 14.4. The van der Waals surface area contributed by atoms with Crippen molar-refractivity contribution in [3.8, 4) is 11.1 Å². The molecule has 2 unspecified atom stereocenters. The van der Waals surface area contributed by atoms with Crippen molar-refractivity contribution in [2.24, 2.45) is 0 Å². The second kappa shape index (κ2) is 13.9. The van der Waals surface area contributed by atoms with Gasteiger partial charge in [-0.15, -0.1) is 0 Å². The number of fused-ring (bicyclic) bond motifs is 3. The van der Waals surface area contributed by atoms with Crippen LogP contribution >= 0.6 is 11.8 Å². The molecule has 0 spiro atoms. The maximum atomic E-state index is 12.9. The average molecular weight is 625 g/mol. The van der Waals surface area contributed by atoms with Crippen LogP contribution in [0.15, 0.2) is 72.8 Å². The first kappa shape index (κ1) is 32.5. The van der Waals surface area contributed by atoms with Crippen LogP contribution in [0.1, 0.15) is 49.5 Å². The van der Waals surface area contributed by atoms with Crippen molar-refractivity contribution in [3.63, 3.8) is 0 Å². The summed E-state index contributed by atoms with van der Waals surface area (Å²) in [5.41, 5.74) is 2.67. The number of alkyl carbamates (subject to hydrolysis) is 1. The Hall–Kier alpha value is -4.43. The summed E-state index contributed by atoms with van der Waals surface area (Å²) in [5.74, 6) is -3.15. The third kappa shape index (κ3) is 7.94. The molecule has 13 heteroatoms. The van der Waals surface area contributed by atoms with Gasteiger partial charge in [-0.1, -0.05) is 60.7 Å². The summed E-state index contributed by atoms with van der Waals surface area (Å²) in [7, 11) is 0. The van der Waals surface area contributed by atoms with Crippen molar-refractivity contribution < 1.29 is 48.9 Å². The fraction of sp³-hybridized carbons (Fsp3) is 0.290. The van der Waals surface area contributed by atoms with E-state index in [1.54, 1.807) is 20.8 Å². The van der Waals surface area contributed by atoms with Gasteiger partial charge in [0.1, 0.15) is 18.2 Å². The van der Waals surface area contributed by atoms with E-state index < -0.39 is 52.1 Å². The quantitative estimate of drug-likeness (QED) is 0.143. The minimum absolute atomic E-state index is 0.0397. The van der Waals surface area contributed by atoms with Crippen molar-refractivity contribution in [2.45, 2.75) is 44.4 Å². The van der Waals surface area contributed by atoms with Crippen molar-refractivity contribution in [3.05, 3.63) is 94.7 Å². The molecule has 4 rings (SSSR count). The maximum Gasteiger partial charge on any atom is 0.407 e. The number of rotatable bonds is 10. The molecule has 3 atom stereocenters. The number of aliphatic carboxylic acids is 1. The molecule has 0 saturated carbocycles. The van der Waals surface area contributed by atoms with Crippen LogP contribution in [0.5, 0.6) is 0 Å². The Morgan fingerprint density at radius 2 is 1.52 bits per heavy atom. The van der Waals surface area contributed by atoms with Crippen molar-refractivity contribution in [2.75, 3.05) is 12.4 Å². The van der Waals surface area contributed by atoms with Crippen LogP contribution in [0.2, 0.25) is 0 Å². The number of carboxylic acid groups (broad SMARTS) is 1.